The van der Waals surface area contributed by atoms with Crippen molar-refractivity contribution >= 4 is 33.2 Å². The third-order valence-corrected chi connectivity index (χ3v) is 3.51. The molecule has 4 nitrogen and oxygen atoms in total. The Balaban J connectivity index is 2.40. The van der Waals surface area contributed by atoms with Crippen LogP contribution in [0.15, 0.2) is 15.2 Å². The first-order valence-electron chi connectivity index (χ1n) is 4.71. The van der Waals surface area contributed by atoms with E-state index in [1.807, 2.05) is 0 Å². The Morgan fingerprint density at radius 2 is 2.38 bits per heavy atom. The van der Waals surface area contributed by atoms with Gasteiger partial charge in [-0.25, -0.2) is 0 Å². The van der Waals surface area contributed by atoms with Crippen LogP contribution in [0.2, 0.25) is 0 Å². The molecular weight excluding hydrogens is 294 g/mol. The zero-order valence-electron chi connectivity index (χ0n) is 9.16. The van der Waals surface area contributed by atoms with Crippen molar-refractivity contribution in [2.45, 2.75) is 6.10 Å². The number of amides is 1. The van der Waals surface area contributed by atoms with Gasteiger partial charge in [0.15, 0.2) is 0 Å². The van der Waals surface area contributed by atoms with Crippen LogP contribution < -0.4 is 5.32 Å². The van der Waals surface area contributed by atoms with E-state index in [1.54, 1.807) is 25.7 Å². The summed E-state index contributed by atoms with van der Waals surface area (Å²) in [6, 6.07) is 1.79. The molecule has 1 rings (SSSR count). The van der Waals surface area contributed by atoms with Crippen LogP contribution in [0.1, 0.15) is 10.4 Å². The van der Waals surface area contributed by atoms with Gasteiger partial charge >= 0.3 is 0 Å². The molecule has 1 unspecified atom stereocenters. The second-order valence-corrected chi connectivity index (χ2v) is 5.45. The first kappa shape index (κ1) is 13.6. The first-order chi connectivity index (χ1) is 7.67. The molecule has 0 aliphatic heterocycles. The molecule has 1 amide bonds. The summed E-state index contributed by atoms with van der Waals surface area (Å²) in [4.78, 5) is 11.7. The molecule has 1 heterocycles. The molecule has 0 saturated carbocycles. The number of carbonyl (C=O) groups is 1. The van der Waals surface area contributed by atoms with Crippen molar-refractivity contribution in [1.29, 1.82) is 0 Å². The van der Waals surface area contributed by atoms with Gasteiger partial charge in [-0.3, -0.25) is 4.79 Å². The fourth-order valence-corrected chi connectivity index (χ4v) is 2.27. The maximum atomic E-state index is 11.7. The lowest BCUT2D eigenvalue weighted by Gasteiger charge is -2.14. The Morgan fingerprint density at radius 3 is 2.88 bits per heavy atom. The summed E-state index contributed by atoms with van der Waals surface area (Å²) in [5.74, 6) is -0.0971. The van der Waals surface area contributed by atoms with E-state index < -0.39 is 0 Å². The highest BCUT2D eigenvalue weighted by atomic mass is 79.9. The van der Waals surface area contributed by atoms with Crippen LogP contribution in [0.3, 0.4) is 0 Å². The maximum absolute atomic E-state index is 11.7. The Labute approximate surface area is 107 Å². The van der Waals surface area contributed by atoms with Crippen molar-refractivity contribution in [3.63, 3.8) is 0 Å². The van der Waals surface area contributed by atoms with Gasteiger partial charge in [-0.05, 0) is 22.0 Å². The van der Waals surface area contributed by atoms with E-state index in [4.69, 9.17) is 9.47 Å². The smallest absolute Gasteiger partial charge is 0.252 e. The molecule has 0 aliphatic rings. The standard InChI is InChI=1S/C10H14BrNO3S/c1-14-5-8(15-2)4-12-10(13)7-3-9(11)16-6-7/h3,6,8H,4-5H2,1-2H3,(H,12,13). The summed E-state index contributed by atoms with van der Waals surface area (Å²) in [5.41, 5.74) is 0.657. The SMILES string of the molecule is COCC(CNC(=O)c1csc(Br)c1)OC. The van der Waals surface area contributed by atoms with E-state index in [0.29, 0.717) is 18.7 Å². The van der Waals surface area contributed by atoms with Crippen LogP contribution in [0, 0.1) is 0 Å². The molecule has 90 valence electrons. The Morgan fingerprint density at radius 1 is 1.62 bits per heavy atom. The van der Waals surface area contributed by atoms with E-state index >= 15 is 0 Å². The van der Waals surface area contributed by atoms with Crippen LogP contribution >= 0.6 is 27.3 Å². The molecular formula is C10H14BrNO3S. The maximum Gasteiger partial charge on any atom is 0.252 e. The summed E-state index contributed by atoms with van der Waals surface area (Å²) < 4.78 is 11.0. The topological polar surface area (TPSA) is 47.6 Å². The third kappa shape index (κ3) is 4.21. The summed E-state index contributed by atoms with van der Waals surface area (Å²) in [6.07, 6.45) is -0.115. The van der Waals surface area contributed by atoms with Gasteiger partial charge in [0, 0.05) is 26.1 Å². The zero-order valence-corrected chi connectivity index (χ0v) is 11.6. The van der Waals surface area contributed by atoms with Gasteiger partial charge in [0.05, 0.1) is 22.1 Å². The Hall–Kier alpha value is -0.430. The fraction of sp³-hybridized carbons (Fsp3) is 0.500. The third-order valence-electron chi connectivity index (χ3n) is 2.01. The number of thiophene rings is 1. The quantitative estimate of drug-likeness (QED) is 0.873. The van der Waals surface area contributed by atoms with Gasteiger partial charge < -0.3 is 14.8 Å². The molecule has 0 spiro atoms. The number of hydrogen-bond acceptors (Lipinski definition) is 4. The van der Waals surface area contributed by atoms with Crippen LogP contribution in [0.5, 0.6) is 0 Å². The predicted molar refractivity (Wildman–Crippen MR) is 67.0 cm³/mol. The zero-order chi connectivity index (χ0) is 12.0. The number of methoxy groups -OCH3 is 2. The van der Waals surface area contributed by atoms with Gasteiger partial charge in [-0.2, -0.15) is 0 Å². The Kier molecular flexibility index (Phi) is 5.97. The van der Waals surface area contributed by atoms with Crippen LogP contribution in [-0.4, -0.2) is 39.4 Å². The summed E-state index contributed by atoms with van der Waals surface area (Å²) in [6.45, 7) is 0.904. The van der Waals surface area contributed by atoms with Gasteiger partial charge in [-0.1, -0.05) is 0 Å². The molecule has 0 radical (unpaired) electrons. The number of carbonyl (C=O) groups excluding carboxylic acids is 1. The van der Waals surface area contributed by atoms with Crippen molar-refractivity contribution in [1.82, 2.24) is 5.32 Å². The largest absolute Gasteiger partial charge is 0.382 e. The fourth-order valence-electron chi connectivity index (χ4n) is 1.13. The van der Waals surface area contributed by atoms with Gasteiger partial charge in [0.1, 0.15) is 0 Å². The minimum atomic E-state index is -0.115. The highest BCUT2D eigenvalue weighted by Gasteiger charge is 2.11. The number of nitrogens with one attached hydrogen (secondary N) is 1. The van der Waals surface area contributed by atoms with Crippen LogP contribution in [0.4, 0.5) is 0 Å². The average molecular weight is 308 g/mol. The summed E-state index contributed by atoms with van der Waals surface area (Å²) in [7, 11) is 3.20. The second kappa shape index (κ2) is 7.01. The lowest BCUT2D eigenvalue weighted by Crippen LogP contribution is -2.35. The molecule has 1 atom stereocenters. The first-order valence-corrected chi connectivity index (χ1v) is 6.38. The van der Waals surface area contributed by atoms with Crippen molar-refractivity contribution in [3.8, 4) is 0 Å². The van der Waals surface area contributed by atoms with Gasteiger partial charge in [0.2, 0.25) is 0 Å². The monoisotopic (exact) mass is 307 g/mol. The molecule has 6 heteroatoms. The van der Waals surface area contributed by atoms with E-state index in [-0.39, 0.29) is 12.0 Å². The molecule has 0 bridgehead atoms. The van der Waals surface area contributed by atoms with E-state index in [9.17, 15) is 4.79 Å². The summed E-state index contributed by atoms with van der Waals surface area (Å²) >= 11 is 4.80. The number of rotatable bonds is 6. The molecule has 1 aromatic heterocycles. The highest BCUT2D eigenvalue weighted by molar-refractivity contribution is 9.11. The van der Waals surface area contributed by atoms with Gasteiger partial charge in [-0.15, -0.1) is 11.3 Å². The lowest BCUT2D eigenvalue weighted by atomic mass is 10.3. The van der Waals surface area contributed by atoms with Crippen molar-refractivity contribution < 1.29 is 14.3 Å². The molecule has 1 aromatic rings. The van der Waals surface area contributed by atoms with Gasteiger partial charge in [0.25, 0.3) is 5.91 Å². The lowest BCUT2D eigenvalue weighted by molar-refractivity contribution is 0.0285. The predicted octanol–water partition coefficient (Wildman–Crippen LogP) is 1.90. The minimum Gasteiger partial charge on any atom is -0.382 e. The van der Waals surface area contributed by atoms with Crippen molar-refractivity contribution in [3.05, 3.63) is 20.8 Å². The number of hydrogen-bond donors (Lipinski definition) is 1. The molecule has 0 fully saturated rings. The van der Waals surface area contributed by atoms with Crippen LogP contribution in [-0.2, 0) is 9.47 Å². The van der Waals surface area contributed by atoms with Crippen molar-refractivity contribution in [2.75, 3.05) is 27.4 Å². The van der Waals surface area contributed by atoms with Crippen LogP contribution in [0.25, 0.3) is 0 Å². The highest BCUT2D eigenvalue weighted by Crippen LogP contribution is 2.20. The molecule has 16 heavy (non-hydrogen) atoms. The van der Waals surface area contributed by atoms with Crippen molar-refractivity contribution in [2.24, 2.45) is 0 Å². The summed E-state index contributed by atoms with van der Waals surface area (Å²) in [5, 5.41) is 4.59. The molecule has 0 aromatic carbocycles. The Bertz CT molecular complexity index is 343. The number of halogens is 1. The normalized spacial score (nSPS) is 12.4. The number of ether oxygens (including phenoxy) is 2. The average Bonchev–Trinajstić information content (AvgIpc) is 2.70. The van der Waals surface area contributed by atoms with E-state index in [0.717, 1.165) is 3.79 Å². The second-order valence-electron chi connectivity index (χ2n) is 3.16. The van der Waals surface area contributed by atoms with E-state index in [1.165, 1.54) is 11.3 Å². The molecule has 1 N–H and O–H groups in total. The molecule has 0 aliphatic carbocycles. The minimum absolute atomic E-state index is 0.0971. The van der Waals surface area contributed by atoms with E-state index in [2.05, 4.69) is 21.2 Å². The molecule has 0 saturated heterocycles.